The van der Waals surface area contributed by atoms with E-state index < -0.39 is 11.4 Å². The molecule has 0 unspecified atom stereocenters. The van der Waals surface area contributed by atoms with E-state index in [9.17, 15) is 9.90 Å². The quantitative estimate of drug-likeness (QED) is 0.851. The van der Waals surface area contributed by atoms with E-state index in [1.165, 1.54) is 0 Å². The highest BCUT2D eigenvalue weighted by molar-refractivity contribution is 5.86. The number of aliphatic carboxylic acids is 1. The summed E-state index contributed by atoms with van der Waals surface area (Å²) in [7, 11) is 1.56. The Morgan fingerprint density at radius 1 is 1.47 bits per heavy atom. The highest BCUT2D eigenvalue weighted by Crippen LogP contribution is 2.53. The number of para-hydroxylation sites is 1. The fraction of sp³-hybridized carbons (Fsp3) is 0.462. The van der Waals surface area contributed by atoms with Crippen molar-refractivity contribution in [3.63, 3.8) is 0 Å². The molecule has 2 rings (SSSR count). The van der Waals surface area contributed by atoms with Crippen molar-refractivity contribution in [3.8, 4) is 11.5 Å². The molecule has 0 radical (unpaired) electrons. The first kappa shape index (κ1) is 11.8. The standard InChI is InChI=1S/C13H16O4/c1-3-17-11-9(5-4-6-10(11)16-2)13(7-8-13)12(14)15/h4-6H,3,7-8H2,1-2H3,(H,14,15). The number of ether oxygens (including phenoxy) is 2. The van der Waals surface area contributed by atoms with Crippen LogP contribution in [0.2, 0.25) is 0 Å². The van der Waals surface area contributed by atoms with E-state index in [1.54, 1.807) is 19.2 Å². The van der Waals surface area contributed by atoms with Crippen molar-refractivity contribution in [1.29, 1.82) is 0 Å². The number of carbonyl (C=O) groups is 1. The van der Waals surface area contributed by atoms with Gasteiger partial charge in [-0.25, -0.2) is 0 Å². The summed E-state index contributed by atoms with van der Waals surface area (Å²) < 4.78 is 10.8. The summed E-state index contributed by atoms with van der Waals surface area (Å²) in [6.45, 7) is 2.36. The lowest BCUT2D eigenvalue weighted by Gasteiger charge is -2.18. The lowest BCUT2D eigenvalue weighted by Crippen LogP contribution is -2.20. The second kappa shape index (κ2) is 4.28. The van der Waals surface area contributed by atoms with E-state index in [0.717, 1.165) is 5.56 Å². The van der Waals surface area contributed by atoms with Crippen LogP contribution in [0.5, 0.6) is 11.5 Å². The highest BCUT2D eigenvalue weighted by atomic mass is 16.5. The Hall–Kier alpha value is -1.71. The molecule has 1 aromatic carbocycles. The maximum absolute atomic E-state index is 11.3. The van der Waals surface area contributed by atoms with E-state index >= 15 is 0 Å². The second-order valence-electron chi connectivity index (χ2n) is 4.16. The number of methoxy groups -OCH3 is 1. The summed E-state index contributed by atoms with van der Waals surface area (Å²) >= 11 is 0. The third-order valence-corrected chi connectivity index (χ3v) is 3.16. The average molecular weight is 236 g/mol. The van der Waals surface area contributed by atoms with Gasteiger partial charge in [-0.3, -0.25) is 4.79 Å². The van der Waals surface area contributed by atoms with E-state index in [-0.39, 0.29) is 0 Å². The normalized spacial score (nSPS) is 16.4. The first-order valence-corrected chi connectivity index (χ1v) is 5.69. The largest absolute Gasteiger partial charge is 0.493 e. The molecule has 0 atom stereocenters. The molecular weight excluding hydrogens is 220 g/mol. The van der Waals surface area contributed by atoms with Gasteiger partial charge >= 0.3 is 5.97 Å². The van der Waals surface area contributed by atoms with Gasteiger partial charge in [0.2, 0.25) is 0 Å². The molecule has 0 bridgehead atoms. The van der Waals surface area contributed by atoms with Gasteiger partial charge in [-0.2, -0.15) is 0 Å². The number of rotatable bonds is 5. The Labute approximate surface area is 100 Å². The van der Waals surface area contributed by atoms with Crippen LogP contribution in [0.15, 0.2) is 18.2 Å². The zero-order chi connectivity index (χ0) is 12.5. The predicted octanol–water partition coefficient (Wildman–Crippen LogP) is 2.21. The van der Waals surface area contributed by atoms with Crippen LogP contribution in [0, 0.1) is 0 Å². The van der Waals surface area contributed by atoms with Gasteiger partial charge in [0.1, 0.15) is 0 Å². The van der Waals surface area contributed by atoms with Gasteiger partial charge in [-0.05, 0) is 25.8 Å². The summed E-state index contributed by atoms with van der Waals surface area (Å²) in [6.07, 6.45) is 1.32. The predicted molar refractivity (Wildman–Crippen MR) is 62.7 cm³/mol. The molecule has 1 N–H and O–H groups in total. The summed E-state index contributed by atoms with van der Waals surface area (Å²) in [4.78, 5) is 11.3. The van der Waals surface area contributed by atoms with Crippen LogP contribution in [0.1, 0.15) is 25.3 Å². The van der Waals surface area contributed by atoms with Crippen molar-refractivity contribution in [2.24, 2.45) is 0 Å². The minimum absolute atomic E-state index is 0.489. The van der Waals surface area contributed by atoms with Crippen LogP contribution >= 0.6 is 0 Å². The van der Waals surface area contributed by atoms with Gasteiger partial charge in [-0.15, -0.1) is 0 Å². The van der Waals surface area contributed by atoms with E-state index in [2.05, 4.69) is 0 Å². The van der Waals surface area contributed by atoms with Crippen molar-refractivity contribution < 1.29 is 19.4 Å². The maximum atomic E-state index is 11.3. The molecule has 0 aromatic heterocycles. The Balaban J connectivity index is 2.50. The molecule has 17 heavy (non-hydrogen) atoms. The molecule has 0 aliphatic heterocycles. The topological polar surface area (TPSA) is 55.8 Å². The number of carboxylic acid groups (broad SMARTS) is 1. The summed E-state index contributed by atoms with van der Waals surface area (Å²) in [5.41, 5.74) is -0.0369. The molecule has 1 aliphatic carbocycles. The van der Waals surface area contributed by atoms with Crippen molar-refractivity contribution in [2.45, 2.75) is 25.2 Å². The van der Waals surface area contributed by atoms with Crippen molar-refractivity contribution >= 4 is 5.97 Å². The lowest BCUT2D eigenvalue weighted by molar-refractivity contribution is -0.140. The monoisotopic (exact) mass is 236 g/mol. The van der Waals surface area contributed by atoms with Crippen LogP contribution < -0.4 is 9.47 Å². The molecule has 1 saturated carbocycles. The van der Waals surface area contributed by atoms with Gasteiger partial charge in [-0.1, -0.05) is 12.1 Å². The summed E-state index contributed by atoms with van der Waals surface area (Å²) in [5, 5.41) is 9.32. The molecule has 1 aromatic rings. The van der Waals surface area contributed by atoms with Crippen LogP contribution in [0.3, 0.4) is 0 Å². The maximum Gasteiger partial charge on any atom is 0.314 e. The molecule has 0 amide bonds. The molecule has 0 spiro atoms. The number of hydrogen-bond acceptors (Lipinski definition) is 3. The van der Waals surface area contributed by atoms with Crippen LogP contribution in [-0.4, -0.2) is 24.8 Å². The van der Waals surface area contributed by atoms with Gasteiger partial charge in [0.15, 0.2) is 11.5 Å². The van der Waals surface area contributed by atoms with E-state index in [4.69, 9.17) is 9.47 Å². The third-order valence-electron chi connectivity index (χ3n) is 3.16. The van der Waals surface area contributed by atoms with Gasteiger partial charge in [0.05, 0.1) is 19.1 Å². The van der Waals surface area contributed by atoms with Crippen LogP contribution in [0.25, 0.3) is 0 Å². The van der Waals surface area contributed by atoms with Crippen molar-refractivity contribution in [1.82, 2.24) is 0 Å². The average Bonchev–Trinajstić information content (AvgIpc) is 3.11. The first-order chi connectivity index (χ1) is 8.15. The smallest absolute Gasteiger partial charge is 0.314 e. The summed E-state index contributed by atoms with van der Waals surface area (Å²) in [5.74, 6) is 0.376. The zero-order valence-corrected chi connectivity index (χ0v) is 10.0. The molecular formula is C13H16O4. The molecule has 0 heterocycles. The van der Waals surface area contributed by atoms with Crippen molar-refractivity contribution in [2.75, 3.05) is 13.7 Å². The van der Waals surface area contributed by atoms with Gasteiger partial charge in [0, 0.05) is 5.56 Å². The molecule has 1 fully saturated rings. The van der Waals surface area contributed by atoms with Gasteiger partial charge in [0.25, 0.3) is 0 Å². The molecule has 92 valence electrons. The lowest BCUT2D eigenvalue weighted by atomic mass is 9.95. The third kappa shape index (κ3) is 1.84. The van der Waals surface area contributed by atoms with E-state index in [0.29, 0.717) is 30.9 Å². The number of carboxylic acids is 1. The SMILES string of the molecule is CCOc1c(OC)cccc1C1(C(=O)O)CC1. The first-order valence-electron chi connectivity index (χ1n) is 5.69. The Bertz CT molecular complexity index is 435. The second-order valence-corrected chi connectivity index (χ2v) is 4.16. The minimum atomic E-state index is -0.785. The molecule has 0 saturated heterocycles. The van der Waals surface area contributed by atoms with Crippen LogP contribution in [-0.2, 0) is 10.2 Å². The van der Waals surface area contributed by atoms with Crippen molar-refractivity contribution in [3.05, 3.63) is 23.8 Å². The van der Waals surface area contributed by atoms with E-state index in [1.807, 2.05) is 13.0 Å². The zero-order valence-electron chi connectivity index (χ0n) is 10.0. The fourth-order valence-electron chi connectivity index (χ4n) is 2.07. The van der Waals surface area contributed by atoms with Gasteiger partial charge < -0.3 is 14.6 Å². The number of benzene rings is 1. The molecule has 1 aliphatic rings. The Kier molecular flexibility index (Phi) is 2.96. The molecule has 4 heteroatoms. The number of hydrogen-bond donors (Lipinski definition) is 1. The minimum Gasteiger partial charge on any atom is -0.493 e. The Morgan fingerprint density at radius 2 is 2.18 bits per heavy atom. The summed E-state index contributed by atoms with van der Waals surface area (Å²) in [6, 6.07) is 5.40. The highest BCUT2D eigenvalue weighted by Gasteiger charge is 2.53. The van der Waals surface area contributed by atoms with Crippen LogP contribution in [0.4, 0.5) is 0 Å². The fourth-order valence-corrected chi connectivity index (χ4v) is 2.07. The Morgan fingerprint density at radius 3 is 2.65 bits per heavy atom. The molecule has 4 nitrogen and oxygen atoms in total.